The van der Waals surface area contributed by atoms with Crippen LogP contribution >= 0.6 is 0 Å². The van der Waals surface area contributed by atoms with Crippen LogP contribution in [-0.4, -0.2) is 43.8 Å². The Morgan fingerprint density at radius 2 is 2.00 bits per heavy atom. The molecule has 106 valence electrons. The number of hydrogen-bond donors (Lipinski definition) is 1. The largest absolute Gasteiger partial charge is 0.380 e. The van der Waals surface area contributed by atoms with Crippen LogP contribution in [0.1, 0.15) is 40.0 Å². The van der Waals surface area contributed by atoms with Gasteiger partial charge in [0, 0.05) is 32.8 Å². The summed E-state index contributed by atoms with van der Waals surface area (Å²) in [6, 6.07) is 0.390. The zero-order chi connectivity index (χ0) is 13.3. The van der Waals surface area contributed by atoms with Crippen molar-refractivity contribution < 1.29 is 4.74 Å². The molecule has 18 heavy (non-hydrogen) atoms. The fourth-order valence-corrected chi connectivity index (χ4v) is 3.73. The molecule has 0 amide bonds. The minimum absolute atomic E-state index is 0.364. The number of nitrogens with zero attached hydrogens (tertiary/aromatic N) is 1. The van der Waals surface area contributed by atoms with Crippen LogP contribution < -0.4 is 5.73 Å². The van der Waals surface area contributed by atoms with Gasteiger partial charge in [-0.1, -0.05) is 20.8 Å². The van der Waals surface area contributed by atoms with Gasteiger partial charge < -0.3 is 15.4 Å². The van der Waals surface area contributed by atoms with Crippen molar-refractivity contribution in [3.05, 3.63) is 0 Å². The first-order valence-electron chi connectivity index (χ1n) is 7.46. The highest BCUT2D eigenvalue weighted by Gasteiger charge is 2.42. The summed E-state index contributed by atoms with van der Waals surface area (Å²) in [6.45, 7) is 10.7. The zero-order valence-corrected chi connectivity index (χ0v) is 12.5. The van der Waals surface area contributed by atoms with E-state index < -0.39 is 0 Å². The molecule has 1 heterocycles. The summed E-state index contributed by atoms with van der Waals surface area (Å²) in [6.07, 6.45) is 4.12. The number of nitrogens with two attached hydrogens (primary N) is 1. The lowest BCUT2D eigenvalue weighted by atomic mass is 9.61. The molecule has 2 rings (SSSR count). The van der Waals surface area contributed by atoms with Gasteiger partial charge >= 0.3 is 0 Å². The van der Waals surface area contributed by atoms with Crippen LogP contribution in [0.15, 0.2) is 0 Å². The average molecular weight is 254 g/mol. The Bertz CT molecular complexity index is 280. The minimum Gasteiger partial charge on any atom is -0.380 e. The van der Waals surface area contributed by atoms with E-state index in [4.69, 9.17) is 10.5 Å². The fourth-order valence-electron chi connectivity index (χ4n) is 3.73. The molecule has 4 unspecified atom stereocenters. The van der Waals surface area contributed by atoms with Gasteiger partial charge in [-0.25, -0.2) is 0 Å². The SMILES string of the molecule is COC1CCN(CC2CCC(N)C(C)C2(C)C)C1. The molecule has 2 aliphatic rings. The van der Waals surface area contributed by atoms with Crippen molar-refractivity contribution in [1.82, 2.24) is 4.90 Å². The third kappa shape index (κ3) is 2.73. The molecular weight excluding hydrogens is 224 g/mol. The highest BCUT2D eigenvalue weighted by molar-refractivity contribution is 4.95. The second kappa shape index (κ2) is 5.48. The van der Waals surface area contributed by atoms with Gasteiger partial charge in [0.15, 0.2) is 0 Å². The summed E-state index contributed by atoms with van der Waals surface area (Å²) in [7, 11) is 1.83. The molecule has 0 aromatic heterocycles. The summed E-state index contributed by atoms with van der Waals surface area (Å²) >= 11 is 0. The monoisotopic (exact) mass is 254 g/mol. The maximum atomic E-state index is 6.23. The van der Waals surface area contributed by atoms with E-state index in [1.807, 2.05) is 7.11 Å². The highest BCUT2D eigenvalue weighted by Crippen LogP contribution is 2.44. The highest BCUT2D eigenvalue weighted by atomic mass is 16.5. The minimum atomic E-state index is 0.364. The molecule has 1 aliphatic carbocycles. The summed E-state index contributed by atoms with van der Waals surface area (Å²) in [5.41, 5.74) is 6.60. The van der Waals surface area contributed by atoms with Gasteiger partial charge in [0.1, 0.15) is 0 Å². The first kappa shape index (κ1) is 14.3. The van der Waals surface area contributed by atoms with Crippen LogP contribution in [-0.2, 0) is 4.74 Å². The molecule has 1 saturated heterocycles. The Labute approximate surface area is 112 Å². The molecule has 3 nitrogen and oxygen atoms in total. The lowest BCUT2D eigenvalue weighted by molar-refractivity contribution is 0.0288. The summed E-state index contributed by atoms with van der Waals surface area (Å²) in [4.78, 5) is 2.59. The van der Waals surface area contributed by atoms with E-state index in [1.54, 1.807) is 0 Å². The van der Waals surface area contributed by atoms with Gasteiger partial charge in [-0.05, 0) is 36.5 Å². The summed E-state index contributed by atoms with van der Waals surface area (Å²) < 4.78 is 5.46. The zero-order valence-electron chi connectivity index (χ0n) is 12.5. The predicted molar refractivity (Wildman–Crippen MR) is 75.5 cm³/mol. The quantitative estimate of drug-likeness (QED) is 0.838. The van der Waals surface area contributed by atoms with Crippen molar-refractivity contribution in [2.24, 2.45) is 23.0 Å². The van der Waals surface area contributed by atoms with Crippen LogP contribution in [0.3, 0.4) is 0 Å². The lowest BCUT2D eigenvalue weighted by Gasteiger charge is -2.48. The maximum Gasteiger partial charge on any atom is 0.0710 e. The van der Waals surface area contributed by atoms with Crippen LogP contribution in [0.4, 0.5) is 0 Å². The summed E-state index contributed by atoms with van der Waals surface area (Å²) in [5.74, 6) is 1.40. The Hall–Kier alpha value is -0.120. The molecular formula is C15H30N2O. The molecule has 2 N–H and O–H groups in total. The molecule has 1 aliphatic heterocycles. The van der Waals surface area contributed by atoms with Crippen molar-refractivity contribution in [2.75, 3.05) is 26.7 Å². The van der Waals surface area contributed by atoms with Crippen LogP contribution in [0.25, 0.3) is 0 Å². The van der Waals surface area contributed by atoms with E-state index in [0.29, 0.717) is 23.5 Å². The molecule has 0 spiro atoms. The van der Waals surface area contributed by atoms with Gasteiger partial charge in [-0.15, -0.1) is 0 Å². The molecule has 4 atom stereocenters. The average Bonchev–Trinajstić information content (AvgIpc) is 2.78. The Balaban J connectivity index is 1.93. The van der Waals surface area contributed by atoms with E-state index in [1.165, 1.54) is 32.4 Å². The molecule has 0 aromatic rings. The first-order valence-corrected chi connectivity index (χ1v) is 7.46. The molecule has 3 heteroatoms. The van der Waals surface area contributed by atoms with Gasteiger partial charge in [-0.3, -0.25) is 0 Å². The van der Waals surface area contributed by atoms with E-state index in [0.717, 1.165) is 12.5 Å². The third-order valence-electron chi connectivity index (χ3n) is 5.76. The Morgan fingerprint density at radius 3 is 2.61 bits per heavy atom. The molecule has 0 bridgehead atoms. The number of methoxy groups -OCH3 is 1. The van der Waals surface area contributed by atoms with Gasteiger partial charge in [-0.2, -0.15) is 0 Å². The van der Waals surface area contributed by atoms with E-state index in [2.05, 4.69) is 25.7 Å². The van der Waals surface area contributed by atoms with Gasteiger partial charge in [0.2, 0.25) is 0 Å². The Morgan fingerprint density at radius 1 is 1.28 bits per heavy atom. The molecule has 0 aromatic carbocycles. The summed E-state index contributed by atoms with van der Waals surface area (Å²) in [5, 5.41) is 0. The first-order chi connectivity index (χ1) is 8.45. The van der Waals surface area contributed by atoms with Crippen LogP contribution in [0.5, 0.6) is 0 Å². The van der Waals surface area contributed by atoms with E-state index >= 15 is 0 Å². The Kier molecular flexibility index (Phi) is 4.35. The second-order valence-corrected chi connectivity index (χ2v) is 6.95. The van der Waals surface area contributed by atoms with Crippen LogP contribution in [0.2, 0.25) is 0 Å². The molecule has 0 radical (unpaired) electrons. The standard InChI is InChI=1S/C15H30N2O/c1-11-14(16)6-5-12(15(11,2)3)9-17-8-7-13(10-17)18-4/h11-14H,5-10,16H2,1-4H3. The van der Waals surface area contributed by atoms with Gasteiger partial charge in [0.25, 0.3) is 0 Å². The smallest absolute Gasteiger partial charge is 0.0710 e. The van der Waals surface area contributed by atoms with Crippen LogP contribution in [0, 0.1) is 17.3 Å². The topological polar surface area (TPSA) is 38.5 Å². The fraction of sp³-hybridized carbons (Fsp3) is 1.00. The van der Waals surface area contributed by atoms with E-state index in [9.17, 15) is 0 Å². The molecule has 1 saturated carbocycles. The van der Waals surface area contributed by atoms with Crippen molar-refractivity contribution in [1.29, 1.82) is 0 Å². The normalized spacial score (nSPS) is 41.2. The maximum absolute atomic E-state index is 6.23. The van der Waals surface area contributed by atoms with Gasteiger partial charge in [0.05, 0.1) is 6.10 Å². The number of likely N-dealkylation sites (tertiary alicyclic amines) is 1. The molecule has 2 fully saturated rings. The van der Waals surface area contributed by atoms with Crippen molar-refractivity contribution in [3.63, 3.8) is 0 Å². The third-order valence-corrected chi connectivity index (χ3v) is 5.76. The van der Waals surface area contributed by atoms with Crippen molar-refractivity contribution in [2.45, 2.75) is 52.2 Å². The van der Waals surface area contributed by atoms with E-state index in [-0.39, 0.29) is 0 Å². The van der Waals surface area contributed by atoms with Crippen molar-refractivity contribution >= 4 is 0 Å². The number of hydrogen-bond acceptors (Lipinski definition) is 3. The predicted octanol–water partition coefficient (Wildman–Crippen LogP) is 2.11. The second-order valence-electron chi connectivity index (χ2n) is 6.95. The van der Waals surface area contributed by atoms with Crippen molar-refractivity contribution in [3.8, 4) is 0 Å². The lowest BCUT2D eigenvalue weighted by Crippen LogP contribution is -2.49. The number of ether oxygens (including phenoxy) is 1. The number of rotatable bonds is 3.